The predicted octanol–water partition coefficient (Wildman–Crippen LogP) is 2.36. The molecule has 3 rings (SSSR count). The maximum atomic E-state index is 12.5. The molecule has 0 bridgehead atoms. The Bertz CT molecular complexity index is 765. The molecule has 1 aromatic carbocycles. The highest BCUT2D eigenvalue weighted by molar-refractivity contribution is 5.92. The number of pyridine rings is 1. The van der Waals surface area contributed by atoms with Crippen LogP contribution in [0, 0.1) is 13.8 Å². The minimum atomic E-state index is -0.0937. The van der Waals surface area contributed by atoms with E-state index >= 15 is 0 Å². The Kier molecular flexibility index (Phi) is 4.97. The monoisotopic (exact) mass is 338 g/mol. The van der Waals surface area contributed by atoms with E-state index in [1.165, 1.54) is 11.1 Å². The first-order valence-corrected chi connectivity index (χ1v) is 8.36. The molecular formula is C19H22N4O2. The quantitative estimate of drug-likeness (QED) is 0.869. The Labute approximate surface area is 147 Å². The number of aryl methyl sites for hydroxylation is 1. The standard InChI is InChI=1S/C19H22N4O2/c1-14-4-3-5-17(15(14)2)21-16-6-7-18(20-12-16)19(25)23-10-8-22(13-24)9-11-23/h3-7,12-13,21H,8-11H2,1-2H3. The van der Waals surface area contributed by atoms with Crippen LogP contribution in [-0.4, -0.2) is 53.3 Å². The van der Waals surface area contributed by atoms with Crippen LogP contribution in [0.3, 0.4) is 0 Å². The molecule has 1 N–H and O–H groups in total. The zero-order valence-corrected chi connectivity index (χ0v) is 14.5. The first-order valence-electron chi connectivity index (χ1n) is 8.36. The van der Waals surface area contributed by atoms with Crippen LogP contribution in [0.25, 0.3) is 0 Å². The second-order valence-corrected chi connectivity index (χ2v) is 6.24. The lowest BCUT2D eigenvalue weighted by Gasteiger charge is -2.32. The number of amides is 2. The summed E-state index contributed by atoms with van der Waals surface area (Å²) in [5.74, 6) is -0.0937. The van der Waals surface area contributed by atoms with Crippen LogP contribution in [-0.2, 0) is 4.79 Å². The fraction of sp³-hybridized carbons (Fsp3) is 0.316. The number of aromatic nitrogens is 1. The Hall–Kier alpha value is -2.89. The zero-order valence-electron chi connectivity index (χ0n) is 14.5. The van der Waals surface area contributed by atoms with Crippen molar-refractivity contribution in [2.75, 3.05) is 31.5 Å². The molecule has 25 heavy (non-hydrogen) atoms. The second kappa shape index (κ2) is 7.34. The van der Waals surface area contributed by atoms with Crippen LogP contribution < -0.4 is 5.32 Å². The highest BCUT2D eigenvalue weighted by Gasteiger charge is 2.22. The van der Waals surface area contributed by atoms with Gasteiger partial charge in [0.2, 0.25) is 6.41 Å². The maximum Gasteiger partial charge on any atom is 0.272 e. The molecule has 2 heterocycles. The van der Waals surface area contributed by atoms with Gasteiger partial charge in [-0.25, -0.2) is 4.98 Å². The van der Waals surface area contributed by atoms with E-state index in [4.69, 9.17) is 0 Å². The van der Waals surface area contributed by atoms with Gasteiger partial charge in [-0.1, -0.05) is 12.1 Å². The van der Waals surface area contributed by atoms with E-state index in [1.807, 2.05) is 18.2 Å². The Morgan fingerprint density at radius 1 is 1.12 bits per heavy atom. The van der Waals surface area contributed by atoms with Crippen molar-refractivity contribution in [1.82, 2.24) is 14.8 Å². The smallest absolute Gasteiger partial charge is 0.272 e. The molecule has 1 aliphatic heterocycles. The Balaban J connectivity index is 1.67. The fourth-order valence-corrected chi connectivity index (χ4v) is 2.83. The largest absolute Gasteiger partial charge is 0.354 e. The molecule has 0 unspecified atom stereocenters. The lowest BCUT2D eigenvalue weighted by atomic mass is 10.1. The average Bonchev–Trinajstić information content (AvgIpc) is 2.65. The third kappa shape index (κ3) is 3.79. The van der Waals surface area contributed by atoms with Gasteiger partial charge >= 0.3 is 0 Å². The van der Waals surface area contributed by atoms with Gasteiger partial charge in [-0.2, -0.15) is 0 Å². The fourth-order valence-electron chi connectivity index (χ4n) is 2.83. The number of anilines is 2. The van der Waals surface area contributed by atoms with Gasteiger partial charge in [0.25, 0.3) is 5.91 Å². The van der Waals surface area contributed by atoms with Gasteiger partial charge in [0.05, 0.1) is 11.9 Å². The topological polar surface area (TPSA) is 65.5 Å². The summed E-state index contributed by atoms with van der Waals surface area (Å²) in [5, 5.41) is 3.34. The number of carbonyl (C=O) groups is 2. The molecule has 1 aliphatic rings. The molecule has 0 saturated carbocycles. The summed E-state index contributed by atoms with van der Waals surface area (Å²) in [7, 11) is 0. The van der Waals surface area contributed by atoms with E-state index in [-0.39, 0.29) is 5.91 Å². The molecule has 130 valence electrons. The number of benzene rings is 1. The van der Waals surface area contributed by atoms with Crippen LogP contribution in [0.2, 0.25) is 0 Å². The molecule has 1 saturated heterocycles. The normalized spacial score (nSPS) is 14.3. The Morgan fingerprint density at radius 2 is 1.88 bits per heavy atom. The molecule has 1 aromatic heterocycles. The van der Waals surface area contributed by atoms with Gasteiger partial charge < -0.3 is 15.1 Å². The minimum Gasteiger partial charge on any atom is -0.354 e. The van der Waals surface area contributed by atoms with Crippen molar-refractivity contribution in [1.29, 1.82) is 0 Å². The highest BCUT2D eigenvalue weighted by atomic mass is 16.2. The molecular weight excluding hydrogens is 316 g/mol. The zero-order chi connectivity index (χ0) is 17.8. The molecule has 1 fully saturated rings. The van der Waals surface area contributed by atoms with E-state index < -0.39 is 0 Å². The van der Waals surface area contributed by atoms with E-state index in [0.29, 0.717) is 31.9 Å². The summed E-state index contributed by atoms with van der Waals surface area (Å²) in [6.45, 7) is 6.37. The van der Waals surface area contributed by atoms with E-state index in [1.54, 1.807) is 22.1 Å². The lowest BCUT2D eigenvalue weighted by molar-refractivity contribution is -0.119. The number of nitrogens with zero attached hydrogens (tertiary/aromatic N) is 3. The summed E-state index contributed by atoms with van der Waals surface area (Å²) in [6.07, 6.45) is 2.50. The SMILES string of the molecule is Cc1cccc(Nc2ccc(C(=O)N3CCN(C=O)CC3)nc2)c1C. The third-order valence-corrected chi connectivity index (χ3v) is 4.62. The van der Waals surface area contributed by atoms with Crippen molar-refractivity contribution in [2.45, 2.75) is 13.8 Å². The Morgan fingerprint density at radius 3 is 2.52 bits per heavy atom. The number of carbonyl (C=O) groups excluding carboxylic acids is 2. The molecule has 0 aliphatic carbocycles. The summed E-state index contributed by atoms with van der Waals surface area (Å²) < 4.78 is 0. The van der Waals surface area contributed by atoms with E-state index in [2.05, 4.69) is 30.2 Å². The molecule has 2 aromatic rings. The third-order valence-electron chi connectivity index (χ3n) is 4.62. The van der Waals surface area contributed by atoms with Gasteiger partial charge in [-0.3, -0.25) is 9.59 Å². The van der Waals surface area contributed by atoms with Crippen molar-refractivity contribution < 1.29 is 9.59 Å². The van der Waals surface area contributed by atoms with Crippen LogP contribution in [0.15, 0.2) is 36.5 Å². The van der Waals surface area contributed by atoms with E-state index in [0.717, 1.165) is 17.8 Å². The van der Waals surface area contributed by atoms with Crippen molar-refractivity contribution in [3.63, 3.8) is 0 Å². The van der Waals surface area contributed by atoms with Gasteiger partial charge in [-0.05, 0) is 43.2 Å². The number of rotatable bonds is 4. The minimum absolute atomic E-state index is 0.0937. The molecule has 6 heteroatoms. The summed E-state index contributed by atoms with van der Waals surface area (Å²) >= 11 is 0. The van der Waals surface area contributed by atoms with Crippen LogP contribution in [0.4, 0.5) is 11.4 Å². The van der Waals surface area contributed by atoms with Crippen molar-refractivity contribution in [2.24, 2.45) is 0 Å². The van der Waals surface area contributed by atoms with Crippen molar-refractivity contribution >= 4 is 23.7 Å². The number of hydrogen-bond acceptors (Lipinski definition) is 4. The summed E-state index contributed by atoms with van der Waals surface area (Å²) in [6, 6.07) is 9.71. The van der Waals surface area contributed by atoms with Crippen molar-refractivity contribution in [3.05, 3.63) is 53.3 Å². The first-order chi connectivity index (χ1) is 12.1. The number of hydrogen-bond donors (Lipinski definition) is 1. The predicted molar refractivity (Wildman–Crippen MR) is 97.0 cm³/mol. The number of nitrogens with one attached hydrogen (secondary N) is 1. The average molecular weight is 338 g/mol. The van der Waals surface area contributed by atoms with Gasteiger partial charge in [-0.15, -0.1) is 0 Å². The van der Waals surface area contributed by atoms with Gasteiger partial charge in [0, 0.05) is 31.9 Å². The second-order valence-electron chi connectivity index (χ2n) is 6.24. The van der Waals surface area contributed by atoms with Gasteiger partial charge in [0.15, 0.2) is 0 Å². The van der Waals surface area contributed by atoms with Crippen LogP contribution >= 0.6 is 0 Å². The maximum absolute atomic E-state index is 12.5. The number of piperazine rings is 1. The molecule has 0 atom stereocenters. The lowest BCUT2D eigenvalue weighted by Crippen LogP contribution is -2.48. The van der Waals surface area contributed by atoms with Crippen LogP contribution in [0.1, 0.15) is 21.6 Å². The van der Waals surface area contributed by atoms with Crippen LogP contribution in [0.5, 0.6) is 0 Å². The van der Waals surface area contributed by atoms with E-state index in [9.17, 15) is 9.59 Å². The molecule has 2 amide bonds. The molecule has 0 spiro atoms. The molecule has 0 radical (unpaired) electrons. The molecule has 6 nitrogen and oxygen atoms in total. The summed E-state index contributed by atoms with van der Waals surface area (Å²) in [5.41, 5.74) is 4.71. The first kappa shape index (κ1) is 17.0. The highest BCUT2D eigenvalue weighted by Crippen LogP contribution is 2.22. The summed E-state index contributed by atoms with van der Waals surface area (Å²) in [4.78, 5) is 31.0. The van der Waals surface area contributed by atoms with Crippen molar-refractivity contribution in [3.8, 4) is 0 Å². The van der Waals surface area contributed by atoms with Gasteiger partial charge in [0.1, 0.15) is 5.69 Å².